The number of nitrogens with one attached hydrogen (secondary N) is 1. The second-order valence-corrected chi connectivity index (χ2v) is 5.53. The first kappa shape index (κ1) is 17.0. The van der Waals surface area contributed by atoms with Crippen LogP contribution in [0.5, 0.6) is 5.75 Å². The Labute approximate surface area is 137 Å². The number of ether oxygens (including phenoxy) is 2. The minimum Gasteiger partial charge on any atom is -0.579 e. The molecule has 0 aliphatic heterocycles. The van der Waals surface area contributed by atoms with E-state index in [0.717, 1.165) is 22.4 Å². The standard InChI is InChI=1S/C19H23NO3/c1-13-9-10-14(2)17(11-13)23-12-15-7-5-6-8-16(15)18(22-4)19(21)20-3/h5-11,18H,12H2,1-4H3,(H,20,21)/p+1. The Morgan fingerprint density at radius 2 is 1.96 bits per heavy atom. The van der Waals surface area contributed by atoms with Gasteiger partial charge in [0.15, 0.2) is 12.7 Å². The summed E-state index contributed by atoms with van der Waals surface area (Å²) in [4.78, 5) is 12.0. The van der Waals surface area contributed by atoms with E-state index in [2.05, 4.69) is 30.4 Å². The predicted octanol–water partition coefficient (Wildman–Crippen LogP) is 3.18. The number of carbonyl (C=O) groups is 1. The maximum absolute atomic E-state index is 12.0. The van der Waals surface area contributed by atoms with E-state index in [9.17, 15) is 4.79 Å². The van der Waals surface area contributed by atoms with Crippen molar-refractivity contribution < 1.29 is 14.3 Å². The molecule has 0 aromatic heterocycles. The van der Waals surface area contributed by atoms with Gasteiger partial charge in [-0.05, 0) is 31.5 Å². The lowest BCUT2D eigenvalue weighted by atomic mass is 10.0. The number of hydrogen-bond donors (Lipinski definition) is 1. The van der Waals surface area contributed by atoms with E-state index in [4.69, 9.17) is 9.47 Å². The summed E-state index contributed by atoms with van der Waals surface area (Å²) in [7, 11) is 3.15. The average molecular weight is 314 g/mol. The zero-order chi connectivity index (χ0) is 16.8. The maximum atomic E-state index is 12.0. The molecular weight excluding hydrogens is 290 g/mol. The van der Waals surface area contributed by atoms with Crippen LogP contribution in [0.25, 0.3) is 0 Å². The first-order chi connectivity index (χ1) is 11.1. The molecule has 0 aliphatic rings. The van der Waals surface area contributed by atoms with E-state index in [1.54, 1.807) is 14.2 Å². The van der Waals surface area contributed by atoms with Gasteiger partial charge in [0.25, 0.3) is 11.7 Å². The molecule has 4 nitrogen and oxygen atoms in total. The summed E-state index contributed by atoms with van der Waals surface area (Å²) in [6.45, 7) is 4.61. The SMILES string of the molecule is CNC(=O)C(OC)c1ccccc1C[OH+]c1cc(C)ccc1C. The molecule has 0 aliphatic carbocycles. The number of aliphatic hydroxyl groups is 1. The Morgan fingerprint density at radius 1 is 1.22 bits per heavy atom. The van der Waals surface area contributed by atoms with Gasteiger partial charge in [-0.25, -0.2) is 0 Å². The summed E-state index contributed by atoms with van der Waals surface area (Å²) in [5.74, 6) is 0.820. The zero-order valence-corrected chi connectivity index (χ0v) is 14.1. The maximum Gasteiger partial charge on any atom is 0.258 e. The lowest BCUT2D eigenvalue weighted by Gasteiger charge is -2.17. The van der Waals surface area contributed by atoms with Gasteiger partial charge in [0.1, 0.15) is 0 Å². The molecule has 0 heterocycles. The predicted molar refractivity (Wildman–Crippen MR) is 91.5 cm³/mol. The minimum atomic E-state index is -0.620. The van der Waals surface area contributed by atoms with E-state index in [0.29, 0.717) is 6.61 Å². The van der Waals surface area contributed by atoms with Crippen LogP contribution in [-0.2, 0) is 16.1 Å². The lowest BCUT2D eigenvalue weighted by molar-refractivity contribution is -0.131. The molecular formula is C19H24NO3+. The van der Waals surface area contributed by atoms with Crippen LogP contribution in [-0.4, -0.2) is 24.8 Å². The number of methoxy groups -OCH3 is 1. The van der Waals surface area contributed by atoms with Crippen LogP contribution in [0, 0.1) is 13.8 Å². The molecule has 2 rings (SSSR count). The summed E-state index contributed by atoms with van der Waals surface area (Å²) >= 11 is 0. The fourth-order valence-corrected chi connectivity index (χ4v) is 2.50. The van der Waals surface area contributed by atoms with Crippen LogP contribution < -0.4 is 5.32 Å². The van der Waals surface area contributed by atoms with Gasteiger partial charge in [-0.3, -0.25) is 4.79 Å². The largest absolute Gasteiger partial charge is 0.579 e. The molecule has 0 saturated heterocycles. The van der Waals surface area contributed by atoms with E-state index >= 15 is 0 Å². The van der Waals surface area contributed by atoms with Crippen LogP contribution in [0.1, 0.15) is 28.4 Å². The van der Waals surface area contributed by atoms with Crippen LogP contribution >= 0.6 is 0 Å². The van der Waals surface area contributed by atoms with Crippen molar-refractivity contribution in [3.8, 4) is 5.75 Å². The monoisotopic (exact) mass is 314 g/mol. The van der Waals surface area contributed by atoms with Crippen molar-refractivity contribution in [2.24, 2.45) is 0 Å². The summed E-state index contributed by atoms with van der Waals surface area (Å²) in [6.07, 6.45) is -0.620. The van der Waals surface area contributed by atoms with Crippen molar-refractivity contribution in [2.75, 3.05) is 14.2 Å². The van der Waals surface area contributed by atoms with Crippen molar-refractivity contribution in [3.05, 3.63) is 64.7 Å². The van der Waals surface area contributed by atoms with Crippen molar-refractivity contribution in [2.45, 2.75) is 26.6 Å². The van der Waals surface area contributed by atoms with Gasteiger partial charge in [0, 0.05) is 36.9 Å². The van der Waals surface area contributed by atoms with Crippen LogP contribution in [0.4, 0.5) is 0 Å². The number of rotatable bonds is 6. The first-order valence-corrected chi connectivity index (χ1v) is 7.63. The number of benzene rings is 2. The molecule has 0 bridgehead atoms. The Bertz CT molecular complexity index is 682. The minimum absolute atomic E-state index is 0.160. The second kappa shape index (κ2) is 7.79. The van der Waals surface area contributed by atoms with Gasteiger partial charge < -0.3 is 14.8 Å². The third-order valence-electron chi connectivity index (χ3n) is 3.84. The fourth-order valence-electron chi connectivity index (χ4n) is 2.50. The Kier molecular flexibility index (Phi) is 5.77. The molecule has 122 valence electrons. The number of aryl methyl sites for hydroxylation is 2. The highest BCUT2D eigenvalue weighted by atomic mass is 16.5. The second-order valence-electron chi connectivity index (χ2n) is 5.53. The quantitative estimate of drug-likeness (QED) is 0.833. The molecule has 0 spiro atoms. The summed E-state index contributed by atoms with van der Waals surface area (Å²) < 4.78 is 10.1. The van der Waals surface area contributed by atoms with E-state index in [1.165, 1.54) is 5.56 Å². The van der Waals surface area contributed by atoms with Gasteiger partial charge >= 0.3 is 0 Å². The van der Waals surface area contributed by atoms with Gasteiger partial charge in [0.05, 0.1) is 0 Å². The van der Waals surface area contributed by atoms with Crippen LogP contribution in [0.15, 0.2) is 42.5 Å². The molecule has 23 heavy (non-hydrogen) atoms. The normalized spacial score (nSPS) is 11.8. The highest BCUT2D eigenvalue weighted by molar-refractivity contribution is 5.82. The molecule has 0 saturated carbocycles. The van der Waals surface area contributed by atoms with E-state index < -0.39 is 6.10 Å². The number of amides is 1. The first-order valence-electron chi connectivity index (χ1n) is 7.63. The van der Waals surface area contributed by atoms with E-state index in [1.807, 2.05) is 31.2 Å². The third kappa shape index (κ3) is 4.11. The average Bonchev–Trinajstić information content (AvgIpc) is 2.57. The van der Waals surface area contributed by atoms with Crippen molar-refractivity contribution >= 4 is 5.91 Å². The molecule has 2 aromatic rings. The fraction of sp³-hybridized carbons (Fsp3) is 0.316. The van der Waals surface area contributed by atoms with Gasteiger partial charge in [-0.2, -0.15) is 0 Å². The lowest BCUT2D eigenvalue weighted by Crippen LogP contribution is -2.27. The topological polar surface area (TPSA) is 51.1 Å². The number of hydrogen-bond acceptors (Lipinski definition) is 2. The Balaban J connectivity index is 2.23. The molecule has 2 aromatic carbocycles. The van der Waals surface area contributed by atoms with Crippen molar-refractivity contribution in [1.29, 1.82) is 0 Å². The molecule has 1 amide bonds. The van der Waals surface area contributed by atoms with Gasteiger partial charge in [0.2, 0.25) is 0 Å². The van der Waals surface area contributed by atoms with Crippen molar-refractivity contribution in [3.63, 3.8) is 0 Å². The van der Waals surface area contributed by atoms with E-state index in [-0.39, 0.29) is 5.91 Å². The third-order valence-corrected chi connectivity index (χ3v) is 3.84. The zero-order valence-electron chi connectivity index (χ0n) is 14.1. The summed E-state index contributed by atoms with van der Waals surface area (Å²) in [5.41, 5.74) is 4.16. The smallest absolute Gasteiger partial charge is 0.258 e. The molecule has 1 unspecified atom stereocenters. The highest BCUT2D eigenvalue weighted by Gasteiger charge is 2.22. The Morgan fingerprint density at radius 3 is 2.65 bits per heavy atom. The molecule has 1 atom stereocenters. The number of carbonyl (C=O) groups excluding carboxylic acids is 1. The molecule has 0 fully saturated rings. The van der Waals surface area contributed by atoms with Crippen molar-refractivity contribution in [1.82, 2.24) is 5.32 Å². The van der Waals surface area contributed by atoms with Crippen LogP contribution in [0.2, 0.25) is 0 Å². The van der Waals surface area contributed by atoms with Crippen LogP contribution in [0.3, 0.4) is 0 Å². The highest BCUT2D eigenvalue weighted by Crippen LogP contribution is 2.25. The molecule has 0 radical (unpaired) electrons. The summed E-state index contributed by atoms with van der Waals surface area (Å²) in [5, 5.41) is 2.64. The van der Waals surface area contributed by atoms with Gasteiger partial charge in [-0.15, -0.1) is 0 Å². The number of likely N-dealkylation sites (N-methyl/N-ethyl adjacent to an activating group) is 1. The van der Waals surface area contributed by atoms with Gasteiger partial charge in [-0.1, -0.05) is 24.3 Å². The molecule has 2 N–H and O–H groups in total. The number of aromatic hydroxyl groups is 1. The summed E-state index contributed by atoms with van der Waals surface area (Å²) in [6, 6.07) is 14.0. The Hall–Kier alpha value is -2.33. The molecule has 4 heteroatoms.